The fourth-order valence-corrected chi connectivity index (χ4v) is 1.43. The second-order valence-corrected chi connectivity index (χ2v) is 4.22. The molecule has 0 aliphatic carbocycles. The predicted octanol–water partition coefficient (Wildman–Crippen LogP) is 0.996. The Labute approximate surface area is 79.4 Å². The molecule has 1 unspecified atom stereocenters. The van der Waals surface area contributed by atoms with Crippen molar-refractivity contribution in [2.24, 2.45) is 5.84 Å². The largest absolute Gasteiger partial charge is 0.377 e. The summed E-state index contributed by atoms with van der Waals surface area (Å²) in [5, 5.41) is 0. The summed E-state index contributed by atoms with van der Waals surface area (Å²) in [6.45, 7) is 6.89. The summed E-state index contributed by atoms with van der Waals surface area (Å²) >= 11 is 1.87. The van der Waals surface area contributed by atoms with Crippen molar-refractivity contribution in [1.29, 1.82) is 0 Å². The highest BCUT2D eigenvalue weighted by atomic mass is 32.2. The maximum absolute atomic E-state index is 5.44. The molecule has 0 bridgehead atoms. The molecule has 0 fully saturated rings. The third-order valence-electron chi connectivity index (χ3n) is 1.39. The molecule has 0 spiro atoms. The van der Waals surface area contributed by atoms with E-state index in [9.17, 15) is 0 Å². The minimum absolute atomic E-state index is 0.275. The minimum Gasteiger partial charge on any atom is -0.377 e. The molecule has 3 nitrogen and oxygen atoms in total. The van der Waals surface area contributed by atoms with Crippen molar-refractivity contribution >= 4 is 11.8 Å². The molecule has 0 saturated heterocycles. The number of hydrazine groups is 1. The molecule has 0 heterocycles. The topological polar surface area (TPSA) is 47.3 Å². The molecular formula is C8H20N2OS. The summed E-state index contributed by atoms with van der Waals surface area (Å²) in [5.41, 5.74) is 2.75. The lowest BCUT2D eigenvalue weighted by atomic mass is 10.4. The molecule has 4 heteroatoms. The second-order valence-electron chi connectivity index (χ2n) is 2.91. The monoisotopic (exact) mass is 192 g/mol. The maximum atomic E-state index is 5.44. The highest BCUT2D eigenvalue weighted by Crippen LogP contribution is 2.02. The van der Waals surface area contributed by atoms with Crippen LogP contribution in [0.4, 0.5) is 0 Å². The van der Waals surface area contributed by atoms with E-state index >= 15 is 0 Å². The average Bonchev–Trinajstić information content (AvgIpc) is 2.05. The number of nitrogens with one attached hydrogen (secondary N) is 1. The number of ether oxygens (including phenoxy) is 1. The smallest absolute Gasteiger partial charge is 0.0644 e. The van der Waals surface area contributed by atoms with Crippen LogP contribution in [0.3, 0.4) is 0 Å². The fourth-order valence-electron chi connectivity index (χ4n) is 0.713. The molecule has 0 amide bonds. The van der Waals surface area contributed by atoms with E-state index in [1.165, 1.54) is 0 Å². The summed E-state index contributed by atoms with van der Waals surface area (Å²) in [6, 6.07) is 0.275. The first-order valence-electron chi connectivity index (χ1n) is 4.36. The summed E-state index contributed by atoms with van der Waals surface area (Å²) in [4.78, 5) is 0. The molecule has 0 aromatic rings. The van der Waals surface area contributed by atoms with E-state index in [0.717, 1.165) is 11.5 Å². The summed E-state index contributed by atoms with van der Waals surface area (Å²) in [6.07, 6.45) is 0.285. The van der Waals surface area contributed by atoms with Gasteiger partial charge in [-0.15, -0.1) is 0 Å². The molecule has 0 aromatic heterocycles. The molecule has 0 radical (unpaired) electrons. The Morgan fingerprint density at radius 2 is 2.17 bits per heavy atom. The lowest BCUT2D eigenvalue weighted by Gasteiger charge is -2.16. The molecular weight excluding hydrogens is 172 g/mol. The fraction of sp³-hybridized carbons (Fsp3) is 1.00. The van der Waals surface area contributed by atoms with Crippen molar-refractivity contribution in [1.82, 2.24) is 5.43 Å². The maximum Gasteiger partial charge on any atom is 0.0644 e. The number of thioether (sulfide) groups is 1. The SMILES string of the molecule is CCSCC(COC(C)C)NN. The Morgan fingerprint density at radius 1 is 1.50 bits per heavy atom. The first kappa shape index (κ1) is 12.2. The zero-order valence-electron chi connectivity index (χ0n) is 8.17. The van der Waals surface area contributed by atoms with Crippen molar-refractivity contribution in [2.45, 2.75) is 32.9 Å². The van der Waals surface area contributed by atoms with Crippen LogP contribution in [0.15, 0.2) is 0 Å². The Hall–Kier alpha value is 0.230. The van der Waals surface area contributed by atoms with E-state index in [1.54, 1.807) is 0 Å². The van der Waals surface area contributed by atoms with Crippen LogP contribution < -0.4 is 11.3 Å². The van der Waals surface area contributed by atoms with Gasteiger partial charge in [-0.1, -0.05) is 6.92 Å². The van der Waals surface area contributed by atoms with Gasteiger partial charge in [0, 0.05) is 5.75 Å². The van der Waals surface area contributed by atoms with E-state index in [1.807, 2.05) is 25.6 Å². The third kappa shape index (κ3) is 6.91. The van der Waals surface area contributed by atoms with Gasteiger partial charge in [0.1, 0.15) is 0 Å². The summed E-state index contributed by atoms with van der Waals surface area (Å²) in [7, 11) is 0. The normalized spacial score (nSPS) is 13.8. The van der Waals surface area contributed by atoms with Crippen LogP contribution in [0.5, 0.6) is 0 Å². The Bertz CT molecular complexity index is 101. The van der Waals surface area contributed by atoms with Crippen molar-refractivity contribution in [3.8, 4) is 0 Å². The predicted molar refractivity (Wildman–Crippen MR) is 55.2 cm³/mol. The lowest BCUT2D eigenvalue weighted by Crippen LogP contribution is -2.41. The quantitative estimate of drug-likeness (QED) is 0.466. The second kappa shape index (κ2) is 7.86. The Balaban J connectivity index is 3.39. The first-order chi connectivity index (χ1) is 5.70. The average molecular weight is 192 g/mol. The van der Waals surface area contributed by atoms with Gasteiger partial charge < -0.3 is 4.74 Å². The molecule has 12 heavy (non-hydrogen) atoms. The van der Waals surface area contributed by atoms with E-state index in [2.05, 4.69) is 12.3 Å². The van der Waals surface area contributed by atoms with Crippen LogP contribution in [0.25, 0.3) is 0 Å². The zero-order chi connectivity index (χ0) is 9.40. The molecule has 0 aromatic carbocycles. The van der Waals surface area contributed by atoms with Gasteiger partial charge in [-0.05, 0) is 19.6 Å². The first-order valence-corrected chi connectivity index (χ1v) is 5.51. The van der Waals surface area contributed by atoms with Gasteiger partial charge in [-0.2, -0.15) is 11.8 Å². The number of hydrogen-bond acceptors (Lipinski definition) is 4. The summed E-state index contributed by atoms with van der Waals surface area (Å²) in [5.74, 6) is 7.49. The summed E-state index contributed by atoms with van der Waals surface area (Å²) < 4.78 is 5.44. The van der Waals surface area contributed by atoms with Crippen molar-refractivity contribution in [3.05, 3.63) is 0 Å². The molecule has 0 rings (SSSR count). The third-order valence-corrected chi connectivity index (χ3v) is 2.44. The molecule has 1 atom stereocenters. The zero-order valence-corrected chi connectivity index (χ0v) is 8.99. The molecule has 0 aliphatic heterocycles. The van der Waals surface area contributed by atoms with Crippen LogP contribution in [0, 0.1) is 0 Å². The van der Waals surface area contributed by atoms with Crippen molar-refractivity contribution < 1.29 is 4.74 Å². The molecule has 74 valence electrons. The number of hydrogen-bond donors (Lipinski definition) is 2. The highest BCUT2D eigenvalue weighted by molar-refractivity contribution is 7.99. The van der Waals surface area contributed by atoms with E-state index in [-0.39, 0.29) is 12.1 Å². The number of nitrogens with two attached hydrogens (primary N) is 1. The van der Waals surface area contributed by atoms with Crippen molar-refractivity contribution in [3.63, 3.8) is 0 Å². The van der Waals surface area contributed by atoms with Crippen LogP contribution in [0.1, 0.15) is 20.8 Å². The van der Waals surface area contributed by atoms with Gasteiger partial charge in [0.15, 0.2) is 0 Å². The van der Waals surface area contributed by atoms with E-state index < -0.39 is 0 Å². The van der Waals surface area contributed by atoms with E-state index in [4.69, 9.17) is 10.6 Å². The van der Waals surface area contributed by atoms with Gasteiger partial charge in [-0.25, -0.2) is 0 Å². The van der Waals surface area contributed by atoms with Gasteiger partial charge in [0.25, 0.3) is 0 Å². The van der Waals surface area contributed by atoms with Crippen LogP contribution in [-0.4, -0.2) is 30.3 Å². The van der Waals surface area contributed by atoms with Crippen molar-refractivity contribution in [2.75, 3.05) is 18.1 Å². The van der Waals surface area contributed by atoms with Crippen LogP contribution in [-0.2, 0) is 4.74 Å². The van der Waals surface area contributed by atoms with Gasteiger partial charge in [-0.3, -0.25) is 11.3 Å². The minimum atomic E-state index is 0.275. The molecule has 0 saturated carbocycles. The molecule has 0 aliphatic rings. The van der Waals surface area contributed by atoms with Crippen LogP contribution >= 0.6 is 11.8 Å². The Kier molecular flexibility index (Phi) is 8.01. The van der Waals surface area contributed by atoms with Gasteiger partial charge in [0.05, 0.1) is 18.8 Å². The number of rotatable bonds is 7. The molecule has 3 N–H and O–H groups in total. The van der Waals surface area contributed by atoms with Gasteiger partial charge >= 0.3 is 0 Å². The highest BCUT2D eigenvalue weighted by Gasteiger charge is 2.06. The van der Waals surface area contributed by atoms with E-state index in [0.29, 0.717) is 6.61 Å². The Morgan fingerprint density at radius 3 is 2.58 bits per heavy atom. The standard InChI is InChI=1S/C8H20N2OS/c1-4-12-6-8(10-9)5-11-7(2)3/h7-8,10H,4-6,9H2,1-3H3. The van der Waals surface area contributed by atoms with Gasteiger partial charge in [0.2, 0.25) is 0 Å². The lowest BCUT2D eigenvalue weighted by molar-refractivity contribution is 0.0655. The van der Waals surface area contributed by atoms with Crippen LogP contribution in [0.2, 0.25) is 0 Å².